The summed E-state index contributed by atoms with van der Waals surface area (Å²) in [5, 5.41) is 14.5. The van der Waals surface area contributed by atoms with Gasteiger partial charge in [-0.25, -0.2) is 9.18 Å². The number of carbonyl (C=O) groups is 2. The second-order valence-corrected chi connectivity index (χ2v) is 9.25. The van der Waals surface area contributed by atoms with Crippen molar-refractivity contribution in [3.05, 3.63) is 69.8 Å². The first-order chi connectivity index (χ1) is 16.3. The maximum atomic E-state index is 15.0. The highest BCUT2D eigenvalue weighted by molar-refractivity contribution is 5.98. The summed E-state index contributed by atoms with van der Waals surface area (Å²) < 4.78 is 59.8. The van der Waals surface area contributed by atoms with Crippen molar-refractivity contribution >= 4 is 11.9 Å². The normalized spacial score (nSPS) is 17.4. The third-order valence-electron chi connectivity index (χ3n) is 5.43. The Hall–Kier alpha value is -3.61. The predicted octanol–water partition coefficient (Wildman–Crippen LogP) is 5.64. The lowest BCUT2D eigenvalue weighted by Gasteiger charge is -2.26. The molecule has 6 nitrogen and oxygen atoms in total. The van der Waals surface area contributed by atoms with Crippen LogP contribution in [0.25, 0.3) is 0 Å². The van der Waals surface area contributed by atoms with E-state index < -0.39 is 47.5 Å². The number of nitrogens with zero attached hydrogens (tertiary/aromatic N) is 1. The molecule has 1 atom stereocenters. The first kappa shape index (κ1) is 26.0. The summed E-state index contributed by atoms with van der Waals surface area (Å²) in [6, 6.07) is 4.62. The van der Waals surface area contributed by atoms with Crippen LogP contribution >= 0.6 is 0 Å². The summed E-state index contributed by atoms with van der Waals surface area (Å²) in [6.45, 7) is 5.00. The molecule has 2 N–H and O–H groups in total. The van der Waals surface area contributed by atoms with Crippen LogP contribution < -0.4 is 10.6 Å². The number of benzene rings is 1. The number of rotatable bonds is 5. The summed E-state index contributed by atoms with van der Waals surface area (Å²) in [6.07, 6.45) is -2.89. The summed E-state index contributed by atoms with van der Waals surface area (Å²) in [7, 11) is 0. The quantitative estimate of drug-likeness (QED) is 0.521. The molecule has 1 unspecified atom stereocenters. The van der Waals surface area contributed by atoms with Crippen molar-refractivity contribution in [3.8, 4) is 6.07 Å². The summed E-state index contributed by atoms with van der Waals surface area (Å²) >= 11 is 0. The van der Waals surface area contributed by atoms with E-state index in [2.05, 4.69) is 10.6 Å². The Bertz CT molecular complexity index is 1170. The van der Waals surface area contributed by atoms with E-state index in [9.17, 15) is 27.2 Å². The fourth-order valence-corrected chi connectivity index (χ4v) is 3.91. The molecule has 0 saturated heterocycles. The van der Waals surface area contributed by atoms with Crippen LogP contribution in [0.3, 0.4) is 0 Å². The second-order valence-electron chi connectivity index (χ2n) is 9.25. The Morgan fingerprint density at radius 3 is 2.51 bits per heavy atom. The number of alkyl halides is 3. The number of ether oxygens (including phenoxy) is 1. The number of alkyl carbamates (subject to hydrolysis) is 1. The Labute approximate surface area is 200 Å². The minimum absolute atomic E-state index is 0.0610. The van der Waals surface area contributed by atoms with Gasteiger partial charge in [-0.3, -0.25) is 4.79 Å². The standard InChI is InChI=1S/C25H25F4N3O3/c1-24(2,3)35-23(34)32-22(16-9-7-14(13-30)11-18(16)26)17-5-4-6-19(17)31-20-12-15(25(27,28)29)8-10-21(20)33/h7-9,11-12,22,31H,4-6,10H2,1-3H3,(H,32,34). The maximum absolute atomic E-state index is 15.0. The molecule has 0 aliphatic heterocycles. The number of hydrogen-bond donors (Lipinski definition) is 2. The molecule has 35 heavy (non-hydrogen) atoms. The van der Waals surface area contributed by atoms with E-state index in [0.717, 1.165) is 18.2 Å². The number of nitriles is 1. The van der Waals surface area contributed by atoms with Gasteiger partial charge in [0.05, 0.1) is 28.9 Å². The third kappa shape index (κ3) is 6.50. The van der Waals surface area contributed by atoms with E-state index in [1.807, 2.05) is 6.07 Å². The first-order valence-corrected chi connectivity index (χ1v) is 11.0. The molecular formula is C25H25F4N3O3. The van der Waals surface area contributed by atoms with E-state index in [1.54, 1.807) is 20.8 Å². The van der Waals surface area contributed by atoms with Gasteiger partial charge >= 0.3 is 12.3 Å². The average molecular weight is 491 g/mol. The molecular weight excluding hydrogens is 466 g/mol. The van der Waals surface area contributed by atoms with Crippen LogP contribution in [0.1, 0.15) is 63.6 Å². The minimum Gasteiger partial charge on any atom is -0.444 e. The molecule has 1 amide bonds. The van der Waals surface area contributed by atoms with Gasteiger partial charge in [-0.1, -0.05) is 12.1 Å². The molecule has 1 aromatic carbocycles. The predicted molar refractivity (Wildman–Crippen MR) is 119 cm³/mol. The van der Waals surface area contributed by atoms with Gasteiger partial charge in [-0.2, -0.15) is 18.4 Å². The van der Waals surface area contributed by atoms with Crippen molar-refractivity contribution in [2.75, 3.05) is 0 Å². The van der Waals surface area contributed by atoms with Crippen LogP contribution in [0.5, 0.6) is 0 Å². The highest BCUT2D eigenvalue weighted by Crippen LogP contribution is 2.37. The Kier molecular flexibility index (Phi) is 7.38. The Morgan fingerprint density at radius 1 is 1.20 bits per heavy atom. The highest BCUT2D eigenvalue weighted by Gasteiger charge is 2.36. The first-order valence-electron chi connectivity index (χ1n) is 11.0. The number of ketones is 1. The second kappa shape index (κ2) is 9.94. The van der Waals surface area contributed by atoms with Gasteiger partial charge in [0.25, 0.3) is 0 Å². The van der Waals surface area contributed by atoms with Gasteiger partial charge in [0, 0.05) is 17.7 Å². The molecule has 0 aromatic heterocycles. The van der Waals surface area contributed by atoms with Gasteiger partial charge in [0.1, 0.15) is 11.4 Å². The zero-order valence-corrected chi connectivity index (χ0v) is 19.5. The van der Waals surface area contributed by atoms with E-state index in [4.69, 9.17) is 10.00 Å². The Morgan fingerprint density at radius 2 is 1.91 bits per heavy atom. The molecule has 0 radical (unpaired) electrons. The topological polar surface area (TPSA) is 91.2 Å². The highest BCUT2D eigenvalue weighted by atomic mass is 19.4. The summed E-state index contributed by atoms with van der Waals surface area (Å²) in [4.78, 5) is 24.9. The smallest absolute Gasteiger partial charge is 0.416 e. The lowest BCUT2D eigenvalue weighted by molar-refractivity contribution is -0.115. The molecule has 2 aliphatic carbocycles. The van der Waals surface area contributed by atoms with E-state index in [1.165, 1.54) is 12.1 Å². The van der Waals surface area contributed by atoms with Crippen LogP contribution in [0, 0.1) is 17.1 Å². The maximum Gasteiger partial charge on any atom is 0.416 e. The molecule has 186 valence electrons. The van der Waals surface area contributed by atoms with Crippen molar-refractivity contribution in [1.82, 2.24) is 10.6 Å². The van der Waals surface area contributed by atoms with Gasteiger partial charge in [-0.05, 0) is 63.8 Å². The van der Waals surface area contributed by atoms with Crippen molar-refractivity contribution < 1.29 is 31.9 Å². The van der Waals surface area contributed by atoms with Crippen molar-refractivity contribution in [1.29, 1.82) is 5.26 Å². The third-order valence-corrected chi connectivity index (χ3v) is 5.43. The SMILES string of the molecule is CC(C)(C)OC(=O)NC(C1=C(NC2=CC(C(F)(F)F)=CCC2=O)CCC1)c1ccc(C#N)cc1F. The van der Waals surface area contributed by atoms with Gasteiger partial charge < -0.3 is 15.4 Å². The summed E-state index contributed by atoms with van der Waals surface area (Å²) in [5.41, 5.74) is -0.889. The van der Waals surface area contributed by atoms with Crippen molar-refractivity contribution in [2.45, 2.75) is 64.3 Å². The average Bonchev–Trinajstić information content (AvgIpc) is 3.19. The molecule has 0 spiro atoms. The van der Waals surface area contributed by atoms with Crippen LogP contribution in [-0.4, -0.2) is 23.7 Å². The fourth-order valence-electron chi connectivity index (χ4n) is 3.91. The number of Topliss-reactive ketones (excluding diaryl/α,β-unsaturated/α-hetero) is 1. The van der Waals surface area contributed by atoms with E-state index >= 15 is 0 Å². The Balaban J connectivity index is 2.01. The molecule has 1 aromatic rings. The van der Waals surface area contributed by atoms with Crippen LogP contribution in [0.4, 0.5) is 22.4 Å². The zero-order chi connectivity index (χ0) is 26.0. The molecule has 0 saturated carbocycles. The number of hydrogen-bond acceptors (Lipinski definition) is 5. The number of amides is 1. The molecule has 3 rings (SSSR count). The summed E-state index contributed by atoms with van der Waals surface area (Å²) in [5.74, 6) is -1.25. The van der Waals surface area contributed by atoms with Gasteiger partial charge in [0.2, 0.25) is 0 Å². The molecule has 0 bridgehead atoms. The van der Waals surface area contributed by atoms with Crippen molar-refractivity contribution in [3.63, 3.8) is 0 Å². The largest absolute Gasteiger partial charge is 0.444 e. The lowest BCUT2D eigenvalue weighted by atomic mass is 9.95. The molecule has 0 heterocycles. The van der Waals surface area contributed by atoms with Crippen LogP contribution in [0.15, 0.2) is 52.9 Å². The number of carbonyl (C=O) groups excluding carboxylic acids is 2. The van der Waals surface area contributed by atoms with E-state index in [-0.39, 0.29) is 16.8 Å². The molecule has 2 aliphatic rings. The van der Waals surface area contributed by atoms with Crippen molar-refractivity contribution in [2.24, 2.45) is 0 Å². The van der Waals surface area contributed by atoms with Crippen LogP contribution in [-0.2, 0) is 9.53 Å². The monoisotopic (exact) mass is 491 g/mol. The van der Waals surface area contributed by atoms with Gasteiger partial charge in [-0.15, -0.1) is 0 Å². The molecule has 10 heteroatoms. The lowest BCUT2D eigenvalue weighted by Crippen LogP contribution is -2.36. The number of nitrogens with one attached hydrogen (secondary N) is 2. The fraction of sp³-hybridized carbons (Fsp3) is 0.400. The number of halogens is 4. The van der Waals surface area contributed by atoms with Gasteiger partial charge in [0.15, 0.2) is 5.78 Å². The van der Waals surface area contributed by atoms with Crippen LogP contribution in [0.2, 0.25) is 0 Å². The molecule has 0 fully saturated rings. The zero-order valence-electron chi connectivity index (χ0n) is 19.5. The number of allylic oxidation sites excluding steroid dienone is 5. The minimum atomic E-state index is -4.60. The van der Waals surface area contributed by atoms with E-state index in [0.29, 0.717) is 30.5 Å².